The Labute approximate surface area is 184 Å². The van der Waals surface area contributed by atoms with Crippen LogP contribution < -0.4 is 0 Å². The van der Waals surface area contributed by atoms with Gasteiger partial charge in [-0.2, -0.15) is 0 Å². The zero-order chi connectivity index (χ0) is 21.5. The second-order valence-corrected chi connectivity index (χ2v) is 7.87. The minimum Gasteiger partial charge on any atom is -0.461 e. The Balaban J connectivity index is 1.69. The smallest absolute Gasteiger partial charge is 0.358 e. The third-order valence-electron chi connectivity index (χ3n) is 5.45. The van der Waals surface area contributed by atoms with Crippen LogP contribution in [0.4, 0.5) is 0 Å². The van der Waals surface area contributed by atoms with Gasteiger partial charge in [-0.25, -0.2) is 14.5 Å². The van der Waals surface area contributed by atoms with Crippen molar-refractivity contribution in [1.29, 1.82) is 0 Å². The number of esters is 1. The van der Waals surface area contributed by atoms with Crippen LogP contribution in [0.3, 0.4) is 0 Å². The van der Waals surface area contributed by atoms with Gasteiger partial charge in [0.25, 0.3) is 0 Å². The number of halogens is 1. The highest BCUT2D eigenvalue weighted by Crippen LogP contribution is 2.32. The number of hydrogen-bond donors (Lipinski definition) is 0. The molecule has 0 saturated carbocycles. The van der Waals surface area contributed by atoms with Gasteiger partial charge in [-0.1, -0.05) is 41.1 Å². The molecule has 0 unspecified atom stereocenters. The van der Waals surface area contributed by atoms with Crippen molar-refractivity contribution >= 4 is 17.6 Å². The molecule has 0 spiro atoms. The quantitative estimate of drug-likeness (QED) is 0.399. The first-order valence-corrected chi connectivity index (χ1v) is 10.5. The van der Waals surface area contributed by atoms with Crippen molar-refractivity contribution in [2.24, 2.45) is 0 Å². The van der Waals surface area contributed by atoms with E-state index >= 15 is 0 Å². The maximum absolute atomic E-state index is 12.6. The van der Waals surface area contributed by atoms with E-state index in [-0.39, 0.29) is 6.61 Å². The molecule has 0 saturated heterocycles. The molecule has 2 aromatic heterocycles. The van der Waals surface area contributed by atoms with E-state index in [4.69, 9.17) is 16.3 Å². The van der Waals surface area contributed by atoms with Gasteiger partial charge in [0.1, 0.15) is 6.33 Å². The number of carbonyl (C=O) groups is 1. The summed E-state index contributed by atoms with van der Waals surface area (Å²) in [7, 11) is 0. The van der Waals surface area contributed by atoms with Crippen molar-refractivity contribution in [1.82, 2.24) is 24.5 Å². The van der Waals surface area contributed by atoms with Gasteiger partial charge in [-0.3, -0.25) is 4.57 Å². The molecular formula is C23H20ClN5O2. The van der Waals surface area contributed by atoms with E-state index in [9.17, 15) is 4.79 Å². The van der Waals surface area contributed by atoms with Crippen LogP contribution in [0.25, 0.3) is 11.4 Å². The van der Waals surface area contributed by atoms with Gasteiger partial charge in [-0.05, 0) is 43.2 Å². The summed E-state index contributed by atoms with van der Waals surface area (Å²) in [5.74, 6) is -0.432. The van der Waals surface area contributed by atoms with Crippen LogP contribution in [-0.4, -0.2) is 37.1 Å². The molecule has 0 atom stereocenters. The minimum atomic E-state index is -0.432. The molecule has 7 nitrogen and oxygen atoms in total. The molecule has 3 heterocycles. The number of rotatable bonds is 4. The number of aromatic nitrogens is 5. The first-order chi connectivity index (χ1) is 15.1. The summed E-state index contributed by atoms with van der Waals surface area (Å²) in [6.07, 6.45) is 2.65. The van der Waals surface area contributed by atoms with Gasteiger partial charge in [0.05, 0.1) is 35.1 Å². The van der Waals surface area contributed by atoms with Gasteiger partial charge < -0.3 is 4.74 Å². The van der Waals surface area contributed by atoms with Crippen LogP contribution in [0.2, 0.25) is 5.02 Å². The number of nitrogens with zero attached hydrogens (tertiary/aromatic N) is 5. The van der Waals surface area contributed by atoms with Gasteiger partial charge in [0, 0.05) is 17.9 Å². The number of ether oxygens (including phenoxy) is 1. The van der Waals surface area contributed by atoms with E-state index in [1.54, 1.807) is 13.3 Å². The standard InChI is InChI=1S/C23H20ClN5O2/c1-3-31-23(30)22-21-12-19-17(11-15-6-4-5-7-16(15)24)26-27-29(19)20-10-14(2)8-9-18(20)28(21)13-25-22/h4-10,13H,3,11-12H2,1-2H3. The topological polar surface area (TPSA) is 74.8 Å². The zero-order valence-corrected chi connectivity index (χ0v) is 17.9. The summed E-state index contributed by atoms with van der Waals surface area (Å²) < 4.78 is 9.04. The largest absolute Gasteiger partial charge is 0.461 e. The zero-order valence-electron chi connectivity index (χ0n) is 17.2. The Hall–Kier alpha value is -3.45. The molecule has 31 heavy (non-hydrogen) atoms. The molecular weight excluding hydrogens is 414 g/mol. The van der Waals surface area contributed by atoms with Crippen LogP contribution in [0, 0.1) is 6.92 Å². The van der Waals surface area contributed by atoms with Crippen LogP contribution in [0.5, 0.6) is 0 Å². The molecule has 1 aliphatic heterocycles. The van der Waals surface area contributed by atoms with Gasteiger partial charge in [-0.15, -0.1) is 5.10 Å². The first-order valence-electron chi connectivity index (χ1n) is 10.1. The lowest BCUT2D eigenvalue weighted by molar-refractivity contribution is 0.0519. The predicted molar refractivity (Wildman–Crippen MR) is 116 cm³/mol. The number of hydrogen-bond acceptors (Lipinski definition) is 5. The van der Waals surface area contributed by atoms with Gasteiger partial charge in [0.2, 0.25) is 0 Å². The van der Waals surface area contributed by atoms with Gasteiger partial charge >= 0.3 is 5.97 Å². The van der Waals surface area contributed by atoms with Crippen LogP contribution in [-0.2, 0) is 17.6 Å². The summed E-state index contributed by atoms with van der Waals surface area (Å²) in [5.41, 5.74) is 6.62. The second kappa shape index (κ2) is 7.67. The lowest BCUT2D eigenvalue weighted by atomic mass is 10.1. The van der Waals surface area contributed by atoms with Gasteiger partial charge in [0.15, 0.2) is 5.69 Å². The summed E-state index contributed by atoms with van der Waals surface area (Å²) in [4.78, 5) is 17.0. The number of aryl methyl sites for hydroxylation is 1. The molecule has 0 aliphatic carbocycles. The molecule has 0 amide bonds. The van der Waals surface area contributed by atoms with Crippen LogP contribution >= 0.6 is 11.6 Å². The molecule has 2 aromatic carbocycles. The Bertz CT molecular complexity index is 1310. The van der Waals surface area contributed by atoms with Crippen molar-refractivity contribution in [2.75, 3.05) is 6.61 Å². The molecule has 5 rings (SSSR count). The lowest BCUT2D eigenvalue weighted by Crippen LogP contribution is -2.11. The first kappa shape index (κ1) is 19.5. The molecule has 1 aliphatic rings. The summed E-state index contributed by atoms with van der Waals surface area (Å²) in [6.45, 7) is 4.11. The SMILES string of the molecule is CCOC(=O)c1ncn2c1Cc1c(Cc3ccccc3Cl)nnn1-c1cc(C)ccc1-2. The second-order valence-electron chi connectivity index (χ2n) is 7.46. The molecule has 156 valence electrons. The number of imidazole rings is 1. The average Bonchev–Trinajstić information content (AvgIpc) is 3.32. The van der Waals surface area contributed by atoms with E-state index in [1.165, 1.54) is 0 Å². The number of carbonyl (C=O) groups excluding carboxylic acids is 1. The highest BCUT2D eigenvalue weighted by Gasteiger charge is 2.29. The highest BCUT2D eigenvalue weighted by atomic mass is 35.5. The average molecular weight is 434 g/mol. The number of benzene rings is 2. The van der Waals surface area contributed by atoms with E-state index < -0.39 is 5.97 Å². The summed E-state index contributed by atoms with van der Waals surface area (Å²) in [5, 5.41) is 9.64. The Morgan fingerprint density at radius 2 is 2.00 bits per heavy atom. The molecule has 0 N–H and O–H groups in total. The van der Waals surface area contributed by atoms with Crippen molar-refractivity contribution in [3.8, 4) is 11.4 Å². The minimum absolute atomic E-state index is 0.290. The molecule has 0 radical (unpaired) electrons. The van der Waals surface area contributed by atoms with Crippen LogP contribution in [0.1, 0.15) is 45.6 Å². The maximum atomic E-state index is 12.6. The Morgan fingerprint density at radius 1 is 1.16 bits per heavy atom. The molecule has 8 heteroatoms. The van der Waals surface area contributed by atoms with Crippen molar-refractivity contribution in [3.63, 3.8) is 0 Å². The highest BCUT2D eigenvalue weighted by molar-refractivity contribution is 6.31. The fourth-order valence-corrected chi connectivity index (χ4v) is 4.15. The van der Waals surface area contributed by atoms with Crippen molar-refractivity contribution in [3.05, 3.63) is 87.7 Å². The normalized spacial score (nSPS) is 12.0. The molecule has 0 fully saturated rings. The third-order valence-corrected chi connectivity index (χ3v) is 5.82. The maximum Gasteiger partial charge on any atom is 0.358 e. The fraction of sp³-hybridized carbons (Fsp3) is 0.217. The molecule has 0 bridgehead atoms. The summed E-state index contributed by atoms with van der Waals surface area (Å²) >= 11 is 6.39. The Morgan fingerprint density at radius 3 is 2.81 bits per heavy atom. The van der Waals surface area contributed by atoms with Crippen molar-refractivity contribution in [2.45, 2.75) is 26.7 Å². The van der Waals surface area contributed by atoms with E-state index in [0.717, 1.165) is 39.6 Å². The lowest BCUT2D eigenvalue weighted by Gasteiger charge is -2.10. The van der Waals surface area contributed by atoms with Crippen molar-refractivity contribution < 1.29 is 9.53 Å². The molecule has 4 aromatic rings. The van der Waals surface area contributed by atoms with E-state index in [0.29, 0.717) is 23.6 Å². The van der Waals surface area contributed by atoms with E-state index in [2.05, 4.69) is 21.4 Å². The van der Waals surface area contributed by atoms with E-state index in [1.807, 2.05) is 52.6 Å². The fourth-order valence-electron chi connectivity index (χ4n) is 3.95. The Kier molecular flexibility index (Phi) is 4.82. The summed E-state index contributed by atoms with van der Waals surface area (Å²) in [6, 6.07) is 13.8. The number of fused-ring (bicyclic) bond motifs is 5. The monoisotopic (exact) mass is 433 g/mol. The predicted octanol–water partition coefficient (Wildman–Crippen LogP) is 4.09. The third kappa shape index (κ3) is 3.31. The van der Waals surface area contributed by atoms with Crippen LogP contribution in [0.15, 0.2) is 48.8 Å².